The van der Waals surface area contributed by atoms with Gasteiger partial charge in [0.25, 0.3) is 0 Å². The van der Waals surface area contributed by atoms with Crippen molar-refractivity contribution in [2.75, 3.05) is 24.4 Å². The van der Waals surface area contributed by atoms with Gasteiger partial charge in [0.15, 0.2) is 0 Å². The maximum atomic E-state index is 13.0. The first-order chi connectivity index (χ1) is 20.0. The molecule has 2 N–H and O–H groups in total. The molecule has 0 bridgehead atoms. The van der Waals surface area contributed by atoms with Crippen LogP contribution in [0.1, 0.15) is 38.5 Å². The van der Waals surface area contributed by atoms with Gasteiger partial charge < -0.3 is 24.8 Å². The van der Waals surface area contributed by atoms with E-state index in [2.05, 4.69) is 20.6 Å². The average molecular weight is 553 g/mol. The SMILES string of the molecule is COC1(CCCOc2ccc3c(Oc4ccc(NC(=O)C5(C(=O)Nc6ccccc6)CC5)nc4)ccnc3c2)CC1. The van der Waals surface area contributed by atoms with Crippen LogP contribution in [-0.4, -0.2) is 41.1 Å². The smallest absolute Gasteiger partial charge is 0.241 e. The van der Waals surface area contributed by atoms with E-state index in [1.54, 1.807) is 43.6 Å². The topological polar surface area (TPSA) is 112 Å². The van der Waals surface area contributed by atoms with E-state index >= 15 is 0 Å². The number of hydrogen-bond donors (Lipinski definition) is 2. The van der Waals surface area contributed by atoms with Crippen molar-refractivity contribution in [1.29, 1.82) is 0 Å². The van der Waals surface area contributed by atoms with Crippen molar-refractivity contribution in [3.63, 3.8) is 0 Å². The van der Waals surface area contributed by atoms with Gasteiger partial charge in [0.1, 0.15) is 28.5 Å². The highest BCUT2D eigenvalue weighted by molar-refractivity contribution is 6.16. The van der Waals surface area contributed by atoms with Crippen molar-refractivity contribution in [2.24, 2.45) is 5.41 Å². The molecule has 210 valence electrons. The predicted molar refractivity (Wildman–Crippen MR) is 155 cm³/mol. The van der Waals surface area contributed by atoms with Crippen molar-refractivity contribution in [3.8, 4) is 17.2 Å². The summed E-state index contributed by atoms with van der Waals surface area (Å²) in [5.74, 6) is 1.57. The molecule has 0 radical (unpaired) electrons. The van der Waals surface area contributed by atoms with Crippen LogP contribution in [0.15, 0.2) is 79.1 Å². The van der Waals surface area contributed by atoms with Gasteiger partial charge in [-0.2, -0.15) is 0 Å². The van der Waals surface area contributed by atoms with E-state index in [9.17, 15) is 9.59 Å². The lowest BCUT2D eigenvalue weighted by Gasteiger charge is -2.15. The zero-order chi connectivity index (χ0) is 28.3. The molecule has 0 aliphatic heterocycles. The van der Waals surface area contributed by atoms with Crippen LogP contribution < -0.4 is 20.1 Å². The highest BCUT2D eigenvalue weighted by atomic mass is 16.5. The molecule has 0 spiro atoms. The normalized spacial score (nSPS) is 16.0. The average Bonchev–Trinajstić information content (AvgIpc) is 3.93. The molecule has 2 amide bonds. The molecular weight excluding hydrogens is 520 g/mol. The number of anilines is 2. The van der Waals surface area contributed by atoms with Crippen molar-refractivity contribution in [2.45, 2.75) is 44.1 Å². The van der Waals surface area contributed by atoms with E-state index in [1.807, 2.05) is 36.4 Å². The number of rotatable bonds is 12. The molecular formula is C32H32N4O5. The molecule has 2 aliphatic rings. The maximum Gasteiger partial charge on any atom is 0.241 e. The third kappa shape index (κ3) is 6.00. The molecule has 2 fully saturated rings. The van der Waals surface area contributed by atoms with E-state index in [4.69, 9.17) is 14.2 Å². The fourth-order valence-corrected chi connectivity index (χ4v) is 4.89. The Balaban J connectivity index is 1.05. The van der Waals surface area contributed by atoms with Crippen LogP contribution in [0.3, 0.4) is 0 Å². The van der Waals surface area contributed by atoms with Gasteiger partial charge in [-0.3, -0.25) is 14.6 Å². The minimum absolute atomic E-state index is 0.0810. The number of fused-ring (bicyclic) bond motifs is 1. The van der Waals surface area contributed by atoms with Gasteiger partial charge >= 0.3 is 0 Å². The fourth-order valence-electron chi connectivity index (χ4n) is 4.89. The van der Waals surface area contributed by atoms with Gasteiger partial charge in [0.05, 0.1) is 23.9 Å². The van der Waals surface area contributed by atoms with Crippen LogP contribution in [0.5, 0.6) is 17.2 Å². The summed E-state index contributed by atoms with van der Waals surface area (Å²) in [6, 6.07) is 20.0. The van der Waals surface area contributed by atoms with Crippen molar-refractivity contribution in [1.82, 2.24) is 9.97 Å². The predicted octanol–water partition coefficient (Wildman–Crippen LogP) is 6.12. The first-order valence-electron chi connectivity index (χ1n) is 13.9. The number of nitrogens with one attached hydrogen (secondary N) is 2. The molecule has 41 heavy (non-hydrogen) atoms. The summed E-state index contributed by atoms with van der Waals surface area (Å²) in [5.41, 5.74) is 0.426. The summed E-state index contributed by atoms with van der Waals surface area (Å²) < 4.78 is 17.6. The molecule has 2 aromatic heterocycles. The summed E-state index contributed by atoms with van der Waals surface area (Å²) in [7, 11) is 1.78. The number of nitrogens with zero attached hydrogens (tertiary/aromatic N) is 2. The first-order valence-corrected chi connectivity index (χ1v) is 13.9. The van der Waals surface area contributed by atoms with E-state index < -0.39 is 5.41 Å². The summed E-state index contributed by atoms with van der Waals surface area (Å²) in [6.07, 6.45) is 8.43. The van der Waals surface area contributed by atoms with E-state index in [0.717, 1.165) is 42.3 Å². The third-order valence-electron chi connectivity index (χ3n) is 7.82. The molecule has 9 nitrogen and oxygen atoms in total. The van der Waals surface area contributed by atoms with Gasteiger partial charge in [-0.25, -0.2) is 4.98 Å². The standard InChI is InChI=1S/C32H32N4O5/c1-39-31(14-15-31)13-5-19-40-23-8-10-25-26(20-23)33-18-12-27(25)41-24-9-11-28(34-21-24)36-30(38)32(16-17-32)29(37)35-22-6-3-2-4-7-22/h2-4,6-12,18,20-21H,5,13-17,19H2,1H3,(H,35,37)(H,34,36,38). The fraction of sp³-hybridized carbons (Fsp3) is 0.312. The van der Waals surface area contributed by atoms with Crippen LogP contribution in [0.2, 0.25) is 0 Å². The number of amides is 2. The summed E-state index contributed by atoms with van der Waals surface area (Å²) >= 11 is 0. The van der Waals surface area contributed by atoms with E-state index in [-0.39, 0.29) is 17.4 Å². The second-order valence-electron chi connectivity index (χ2n) is 10.7. The van der Waals surface area contributed by atoms with E-state index in [0.29, 0.717) is 42.5 Å². The maximum absolute atomic E-state index is 13.0. The highest BCUT2D eigenvalue weighted by Gasteiger charge is 2.56. The number of ether oxygens (including phenoxy) is 3. The third-order valence-corrected chi connectivity index (χ3v) is 7.82. The number of aromatic nitrogens is 2. The molecule has 0 unspecified atom stereocenters. The molecule has 6 rings (SSSR count). The Kier molecular flexibility index (Phi) is 7.28. The van der Waals surface area contributed by atoms with Gasteiger partial charge in [-0.1, -0.05) is 18.2 Å². The Morgan fingerprint density at radius 3 is 2.37 bits per heavy atom. The van der Waals surface area contributed by atoms with Crippen LogP contribution in [0.25, 0.3) is 10.9 Å². The number of methoxy groups -OCH3 is 1. The number of carbonyl (C=O) groups is 2. The quantitative estimate of drug-likeness (QED) is 0.161. The van der Waals surface area contributed by atoms with Crippen molar-refractivity contribution >= 4 is 34.2 Å². The zero-order valence-electron chi connectivity index (χ0n) is 22.9. The highest BCUT2D eigenvalue weighted by Crippen LogP contribution is 2.47. The Bertz CT molecular complexity index is 1550. The lowest BCUT2D eigenvalue weighted by molar-refractivity contribution is -0.131. The molecule has 2 aliphatic carbocycles. The van der Waals surface area contributed by atoms with Crippen molar-refractivity contribution in [3.05, 3.63) is 79.1 Å². The molecule has 2 saturated carbocycles. The van der Waals surface area contributed by atoms with Crippen LogP contribution in [0, 0.1) is 5.41 Å². The van der Waals surface area contributed by atoms with E-state index in [1.165, 1.54) is 6.20 Å². The Morgan fingerprint density at radius 1 is 0.878 bits per heavy atom. The second-order valence-corrected chi connectivity index (χ2v) is 10.7. The van der Waals surface area contributed by atoms with Gasteiger partial charge in [0.2, 0.25) is 11.8 Å². The Morgan fingerprint density at radius 2 is 1.66 bits per heavy atom. The summed E-state index contributed by atoms with van der Waals surface area (Å²) in [6.45, 7) is 0.625. The minimum atomic E-state index is -1.07. The van der Waals surface area contributed by atoms with Gasteiger partial charge in [-0.05, 0) is 81.0 Å². The molecule has 0 atom stereocenters. The number of pyridine rings is 2. The summed E-state index contributed by atoms with van der Waals surface area (Å²) in [5, 5.41) is 6.45. The van der Waals surface area contributed by atoms with Crippen LogP contribution in [-0.2, 0) is 14.3 Å². The van der Waals surface area contributed by atoms with Gasteiger partial charge in [0, 0.05) is 30.4 Å². The lowest BCUT2D eigenvalue weighted by atomic mass is 10.1. The number of para-hydroxylation sites is 1. The van der Waals surface area contributed by atoms with Crippen LogP contribution in [0.4, 0.5) is 11.5 Å². The summed E-state index contributed by atoms with van der Waals surface area (Å²) in [4.78, 5) is 34.6. The largest absolute Gasteiger partial charge is 0.494 e. The van der Waals surface area contributed by atoms with Crippen LogP contribution >= 0.6 is 0 Å². The molecule has 4 aromatic rings. The number of hydrogen-bond acceptors (Lipinski definition) is 7. The lowest BCUT2D eigenvalue weighted by Crippen LogP contribution is -2.35. The molecule has 2 heterocycles. The van der Waals surface area contributed by atoms with Gasteiger partial charge in [-0.15, -0.1) is 0 Å². The second kappa shape index (κ2) is 11.2. The first kappa shape index (κ1) is 26.7. The molecule has 9 heteroatoms. The zero-order valence-corrected chi connectivity index (χ0v) is 22.9. The number of benzene rings is 2. The minimum Gasteiger partial charge on any atom is -0.494 e. The monoisotopic (exact) mass is 552 g/mol. The molecule has 0 saturated heterocycles. The number of carbonyl (C=O) groups excluding carboxylic acids is 2. The Labute approximate surface area is 238 Å². The Hall–Kier alpha value is -4.50. The van der Waals surface area contributed by atoms with Crippen molar-refractivity contribution < 1.29 is 23.8 Å². The molecule has 2 aromatic carbocycles.